The van der Waals surface area contributed by atoms with E-state index in [1.165, 1.54) is 13.3 Å². The summed E-state index contributed by atoms with van der Waals surface area (Å²) in [4.78, 5) is 0. The van der Waals surface area contributed by atoms with E-state index in [0.717, 1.165) is 0 Å². The molecule has 0 N–H and O–H groups in total. The van der Waals surface area contributed by atoms with Gasteiger partial charge in [0.05, 0.1) is 0 Å². The van der Waals surface area contributed by atoms with Gasteiger partial charge >= 0.3 is 134 Å². The Bertz CT molecular complexity index is 772. The van der Waals surface area contributed by atoms with E-state index in [9.17, 15) is 21.6 Å². The fraction of sp³-hybridized carbons (Fsp3) is 0.467. The van der Waals surface area contributed by atoms with E-state index in [4.69, 9.17) is 3.97 Å². The molecule has 0 atom stereocenters. The van der Waals surface area contributed by atoms with Gasteiger partial charge in [-0.15, -0.1) is 0 Å². The van der Waals surface area contributed by atoms with Crippen LogP contribution in [0.25, 0.3) is 5.31 Å². The predicted octanol–water partition coefficient (Wildman–Crippen LogP) is 5.01. The van der Waals surface area contributed by atoms with Gasteiger partial charge in [0.1, 0.15) is 0 Å². The normalized spacial score (nSPS) is 22.3. The van der Waals surface area contributed by atoms with Gasteiger partial charge < -0.3 is 0 Å². The summed E-state index contributed by atoms with van der Waals surface area (Å²) in [6.07, 6.45) is 0. The zero-order chi connectivity index (χ0) is 17.9. The molecular formula is C15H20F3O3PS. The molecule has 1 aromatic rings. The fourth-order valence-corrected chi connectivity index (χ4v) is 11.6. The van der Waals surface area contributed by atoms with Crippen LogP contribution in [0.4, 0.5) is 13.2 Å². The minimum atomic E-state index is -5.67. The maximum atomic E-state index is 12.8. The van der Waals surface area contributed by atoms with Crippen LogP contribution in [0.3, 0.4) is 0 Å². The second kappa shape index (κ2) is 4.80. The van der Waals surface area contributed by atoms with Gasteiger partial charge in [-0.3, -0.25) is 0 Å². The van der Waals surface area contributed by atoms with Crippen molar-refractivity contribution in [3.05, 3.63) is 41.2 Å². The molecule has 0 unspecified atom stereocenters. The minimum absolute atomic E-state index is 0.492. The van der Waals surface area contributed by atoms with Crippen LogP contribution in [0.2, 0.25) is 0 Å². The van der Waals surface area contributed by atoms with Crippen LogP contribution in [0, 0.1) is 5.41 Å². The molecule has 2 rings (SSSR count). The molecule has 0 saturated heterocycles. The van der Waals surface area contributed by atoms with Gasteiger partial charge in [0.2, 0.25) is 0 Å². The Morgan fingerprint density at radius 1 is 1.00 bits per heavy atom. The van der Waals surface area contributed by atoms with E-state index in [1.54, 1.807) is 30.3 Å². The number of rotatable bonds is 3. The average Bonchev–Trinajstić information content (AvgIpc) is 2.86. The first kappa shape index (κ1) is 18.4. The van der Waals surface area contributed by atoms with Gasteiger partial charge in [0.25, 0.3) is 0 Å². The molecule has 0 amide bonds. The van der Waals surface area contributed by atoms with Crippen molar-refractivity contribution in [3.63, 3.8) is 0 Å². The molecule has 1 aliphatic heterocycles. The summed E-state index contributed by atoms with van der Waals surface area (Å²) in [5.74, 6) is 0. The Morgan fingerprint density at radius 2 is 1.48 bits per heavy atom. The summed E-state index contributed by atoms with van der Waals surface area (Å²) >= 11 is 0. The van der Waals surface area contributed by atoms with Crippen LogP contribution >= 0.6 is 6.83 Å². The van der Waals surface area contributed by atoms with Gasteiger partial charge in [-0.25, -0.2) is 0 Å². The second-order valence-corrected chi connectivity index (χ2v) is 14.2. The Labute approximate surface area is 134 Å². The van der Waals surface area contributed by atoms with E-state index in [0.29, 0.717) is 16.2 Å². The van der Waals surface area contributed by atoms with Crippen molar-refractivity contribution in [2.45, 2.75) is 26.3 Å². The van der Waals surface area contributed by atoms with Gasteiger partial charge in [-0.1, -0.05) is 0 Å². The molecular weight excluding hydrogens is 348 g/mol. The Kier molecular flexibility index (Phi) is 3.85. The third kappa shape index (κ3) is 2.94. The van der Waals surface area contributed by atoms with E-state index in [-0.39, 0.29) is 0 Å². The fourth-order valence-electron chi connectivity index (χ4n) is 3.32. The van der Waals surface area contributed by atoms with E-state index < -0.39 is 27.9 Å². The second-order valence-electron chi connectivity index (χ2n) is 7.29. The van der Waals surface area contributed by atoms with Crippen LogP contribution < -0.4 is 0 Å². The number of hydrogen-bond donors (Lipinski definition) is 0. The van der Waals surface area contributed by atoms with Crippen molar-refractivity contribution in [1.29, 1.82) is 0 Å². The number of benzene rings is 1. The van der Waals surface area contributed by atoms with Gasteiger partial charge in [-0.05, 0) is 0 Å². The molecule has 0 saturated carbocycles. The van der Waals surface area contributed by atoms with Crippen molar-refractivity contribution in [3.8, 4) is 0 Å². The molecule has 8 heteroatoms. The molecule has 0 fully saturated rings. The number of halogens is 3. The average molecular weight is 368 g/mol. The quantitative estimate of drug-likeness (QED) is 0.556. The molecule has 0 aliphatic carbocycles. The van der Waals surface area contributed by atoms with Crippen LogP contribution in [0.1, 0.15) is 26.3 Å². The molecule has 23 heavy (non-hydrogen) atoms. The van der Waals surface area contributed by atoms with E-state index >= 15 is 0 Å². The first-order chi connectivity index (χ1) is 10.1. The zero-order valence-electron chi connectivity index (χ0n) is 13.6. The number of hydrogen-bond acceptors (Lipinski definition) is 3. The summed E-state index contributed by atoms with van der Waals surface area (Å²) in [7, 11) is -5.67. The van der Waals surface area contributed by atoms with Crippen molar-refractivity contribution in [1.82, 2.24) is 0 Å². The number of alkyl halides is 3. The Morgan fingerprint density at radius 3 is 1.87 bits per heavy atom. The standard InChI is InChI=1S/C15H20F3O3PS/c1-14(2,3)13-12(11-9-7-6-8-10-11)22(13,4,5)21-23(19,20)15(16,17)18/h6-10H,1-5H3. The Balaban J connectivity index is 2.58. The third-order valence-electron chi connectivity index (χ3n) is 3.84. The zero-order valence-corrected chi connectivity index (χ0v) is 15.3. The van der Waals surface area contributed by atoms with E-state index in [2.05, 4.69) is 0 Å². The van der Waals surface area contributed by atoms with Crippen molar-refractivity contribution in [2.24, 2.45) is 5.41 Å². The molecule has 1 aliphatic rings. The van der Waals surface area contributed by atoms with Crippen LogP contribution in [0.5, 0.6) is 0 Å². The first-order valence-corrected chi connectivity index (χ1v) is 11.4. The summed E-state index contributed by atoms with van der Waals surface area (Å²) < 4.78 is 66.6. The summed E-state index contributed by atoms with van der Waals surface area (Å²) in [6.45, 7) is 4.80. The molecule has 1 aromatic carbocycles. The Hall–Kier alpha value is -0.910. The molecule has 3 nitrogen and oxygen atoms in total. The molecule has 0 bridgehead atoms. The van der Waals surface area contributed by atoms with Gasteiger partial charge in [0, 0.05) is 0 Å². The van der Waals surface area contributed by atoms with Crippen molar-refractivity contribution < 1.29 is 25.6 Å². The van der Waals surface area contributed by atoms with Crippen molar-refractivity contribution in [2.75, 3.05) is 13.3 Å². The molecule has 0 spiro atoms. The van der Waals surface area contributed by atoms with Gasteiger partial charge in [0.15, 0.2) is 0 Å². The molecule has 1 heterocycles. The predicted molar refractivity (Wildman–Crippen MR) is 87.6 cm³/mol. The summed E-state index contributed by atoms with van der Waals surface area (Å²) in [5, 5.41) is 1.28. The topological polar surface area (TPSA) is 43.4 Å². The third-order valence-corrected chi connectivity index (χ3v) is 10.7. The molecule has 0 radical (unpaired) electrons. The summed E-state index contributed by atoms with van der Waals surface area (Å²) in [5.41, 5.74) is -5.22. The van der Waals surface area contributed by atoms with E-state index in [1.807, 2.05) is 20.8 Å². The van der Waals surface area contributed by atoms with Crippen LogP contribution in [-0.2, 0) is 14.1 Å². The molecule has 0 aromatic heterocycles. The summed E-state index contributed by atoms with van der Waals surface area (Å²) in [6, 6.07) is 8.82. The maximum absolute atomic E-state index is 12.8. The van der Waals surface area contributed by atoms with Gasteiger partial charge in [-0.2, -0.15) is 0 Å². The van der Waals surface area contributed by atoms with Crippen LogP contribution in [-0.4, -0.2) is 27.3 Å². The number of allylic oxidation sites excluding steroid dienone is 1. The monoisotopic (exact) mass is 368 g/mol. The SMILES string of the molecule is CC(C)(C)C1=C(c2ccccc2)P1(C)(C)OS(=O)(=O)C(F)(F)F. The first-order valence-electron chi connectivity index (χ1n) is 6.96. The van der Waals surface area contributed by atoms with Crippen LogP contribution in [0.15, 0.2) is 35.6 Å². The van der Waals surface area contributed by atoms with Crippen molar-refractivity contribution >= 4 is 22.3 Å². The molecule has 130 valence electrons.